The first-order valence-electron chi connectivity index (χ1n) is 12.0. The standard InChI is InChI=1S/C27H33FN4OS/c1-5-19-10-7-8-13-22(19)27(3,6-2)15-16-32(4)26-30-23-14-17-34(33)24(23)25(31-26)29-21-12-9-11-20(28)18-21/h7-13,18H,5-6,14-17H2,1-4H3,(H,29,30,31). The number of nitrogens with one attached hydrogen (secondary N) is 1. The molecule has 7 heteroatoms. The van der Waals surface area contributed by atoms with Crippen molar-refractivity contribution in [2.24, 2.45) is 0 Å². The van der Waals surface area contributed by atoms with E-state index in [4.69, 9.17) is 9.97 Å². The highest BCUT2D eigenvalue weighted by Gasteiger charge is 2.29. The Labute approximate surface area is 204 Å². The molecule has 1 N–H and O–H groups in total. The van der Waals surface area contributed by atoms with Crippen LogP contribution in [0.2, 0.25) is 0 Å². The van der Waals surface area contributed by atoms with Gasteiger partial charge in [-0.3, -0.25) is 4.21 Å². The fourth-order valence-corrected chi connectivity index (χ4v) is 5.88. The van der Waals surface area contributed by atoms with E-state index in [0.717, 1.165) is 31.5 Å². The van der Waals surface area contributed by atoms with Crippen LogP contribution in [-0.4, -0.2) is 33.5 Å². The predicted molar refractivity (Wildman–Crippen MR) is 138 cm³/mol. The summed E-state index contributed by atoms with van der Waals surface area (Å²) in [6.45, 7) is 7.56. The lowest BCUT2D eigenvalue weighted by Gasteiger charge is -2.33. The number of halogens is 1. The maximum atomic E-state index is 13.7. The largest absolute Gasteiger partial charge is 0.344 e. The Morgan fingerprint density at radius 1 is 1.15 bits per heavy atom. The van der Waals surface area contributed by atoms with Crippen molar-refractivity contribution >= 4 is 28.3 Å². The first-order chi connectivity index (χ1) is 16.3. The van der Waals surface area contributed by atoms with Crippen molar-refractivity contribution in [1.82, 2.24) is 9.97 Å². The molecule has 4 rings (SSSR count). The van der Waals surface area contributed by atoms with Crippen molar-refractivity contribution in [2.75, 3.05) is 29.6 Å². The van der Waals surface area contributed by atoms with Crippen molar-refractivity contribution in [3.8, 4) is 0 Å². The van der Waals surface area contributed by atoms with Gasteiger partial charge in [0.25, 0.3) is 0 Å². The monoisotopic (exact) mass is 480 g/mol. The van der Waals surface area contributed by atoms with E-state index in [1.54, 1.807) is 12.1 Å². The molecule has 2 heterocycles. The molecule has 0 bridgehead atoms. The molecular formula is C27H33FN4OS. The Morgan fingerprint density at radius 2 is 1.94 bits per heavy atom. The molecule has 0 saturated heterocycles. The van der Waals surface area contributed by atoms with E-state index < -0.39 is 10.8 Å². The molecule has 2 aromatic carbocycles. The molecule has 2 atom stereocenters. The first-order valence-corrected chi connectivity index (χ1v) is 13.3. The molecule has 1 aliphatic heterocycles. The van der Waals surface area contributed by atoms with Gasteiger partial charge in [-0.2, -0.15) is 4.98 Å². The van der Waals surface area contributed by atoms with E-state index in [-0.39, 0.29) is 11.2 Å². The van der Waals surface area contributed by atoms with E-state index in [2.05, 4.69) is 55.3 Å². The lowest BCUT2D eigenvalue weighted by atomic mass is 9.75. The second-order valence-electron chi connectivity index (χ2n) is 9.18. The van der Waals surface area contributed by atoms with Crippen LogP contribution >= 0.6 is 0 Å². The molecule has 0 spiro atoms. The highest BCUT2D eigenvalue weighted by Crippen LogP contribution is 2.35. The second-order valence-corrected chi connectivity index (χ2v) is 10.7. The van der Waals surface area contributed by atoms with E-state index in [9.17, 15) is 8.60 Å². The van der Waals surface area contributed by atoms with E-state index in [1.165, 1.54) is 23.3 Å². The summed E-state index contributed by atoms with van der Waals surface area (Å²) < 4.78 is 26.4. The zero-order chi connectivity index (χ0) is 24.3. The smallest absolute Gasteiger partial charge is 0.227 e. The van der Waals surface area contributed by atoms with Gasteiger partial charge in [-0.1, -0.05) is 51.1 Å². The van der Waals surface area contributed by atoms with Gasteiger partial charge < -0.3 is 10.2 Å². The number of hydrogen-bond donors (Lipinski definition) is 1. The van der Waals surface area contributed by atoms with E-state index >= 15 is 0 Å². The van der Waals surface area contributed by atoms with Crippen LogP contribution in [0, 0.1) is 5.82 Å². The summed E-state index contributed by atoms with van der Waals surface area (Å²) in [5.41, 5.74) is 4.23. The molecule has 34 heavy (non-hydrogen) atoms. The number of nitrogens with zero attached hydrogens (tertiary/aromatic N) is 3. The zero-order valence-corrected chi connectivity index (χ0v) is 21.2. The summed E-state index contributed by atoms with van der Waals surface area (Å²) in [5.74, 6) is 1.30. The number of rotatable bonds is 9. The van der Waals surface area contributed by atoms with Crippen LogP contribution < -0.4 is 10.2 Å². The lowest BCUT2D eigenvalue weighted by molar-refractivity contribution is 0.417. The highest BCUT2D eigenvalue weighted by molar-refractivity contribution is 7.85. The van der Waals surface area contributed by atoms with Crippen molar-refractivity contribution in [1.29, 1.82) is 0 Å². The molecule has 3 aromatic rings. The summed E-state index contributed by atoms with van der Waals surface area (Å²) in [6, 6.07) is 14.9. The third-order valence-corrected chi connectivity index (χ3v) is 8.39. The molecule has 0 aliphatic carbocycles. The summed E-state index contributed by atoms with van der Waals surface area (Å²) in [4.78, 5) is 12.2. The topological polar surface area (TPSA) is 58.1 Å². The molecule has 0 saturated carbocycles. The third kappa shape index (κ3) is 4.99. The summed E-state index contributed by atoms with van der Waals surface area (Å²) in [6.07, 6.45) is 3.66. The first kappa shape index (κ1) is 24.3. The summed E-state index contributed by atoms with van der Waals surface area (Å²) in [7, 11) is 0.844. The van der Waals surface area contributed by atoms with Gasteiger partial charge in [-0.15, -0.1) is 0 Å². The fourth-order valence-electron chi connectivity index (χ4n) is 4.58. The second kappa shape index (κ2) is 10.2. The Balaban J connectivity index is 1.59. The number of aromatic nitrogens is 2. The Bertz CT molecular complexity index is 1200. The molecule has 0 radical (unpaired) electrons. The third-order valence-electron chi connectivity index (χ3n) is 6.93. The van der Waals surface area contributed by atoms with Crippen molar-refractivity contribution in [2.45, 2.75) is 56.8 Å². The van der Waals surface area contributed by atoms with Gasteiger partial charge in [0.15, 0.2) is 5.82 Å². The molecular weight excluding hydrogens is 447 g/mol. The molecule has 2 unspecified atom stereocenters. The molecule has 0 amide bonds. The van der Waals surface area contributed by atoms with Crippen LogP contribution in [0.5, 0.6) is 0 Å². The predicted octanol–water partition coefficient (Wildman–Crippen LogP) is 5.78. The van der Waals surface area contributed by atoms with Gasteiger partial charge in [0, 0.05) is 31.5 Å². The van der Waals surface area contributed by atoms with Crippen LogP contribution in [0.1, 0.15) is 50.4 Å². The summed E-state index contributed by atoms with van der Waals surface area (Å²) in [5, 5.41) is 3.18. The van der Waals surface area contributed by atoms with Crippen molar-refractivity contribution in [3.63, 3.8) is 0 Å². The molecule has 180 valence electrons. The van der Waals surface area contributed by atoms with Gasteiger partial charge in [0.1, 0.15) is 10.7 Å². The van der Waals surface area contributed by atoms with Crippen LogP contribution in [0.3, 0.4) is 0 Å². The number of fused-ring (bicyclic) bond motifs is 1. The maximum Gasteiger partial charge on any atom is 0.227 e. The maximum absolute atomic E-state index is 13.7. The van der Waals surface area contributed by atoms with Crippen LogP contribution in [0.25, 0.3) is 0 Å². The molecule has 0 fully saturated rings. The van der Waals surface area contributed by atoms with Crippen LogP contribution in [0.4, 0.5) is 21.8 Å². The Kier molecular flexibility index (Phi) is 7.31. The minimum Gasteiger partial charge on any atom is -0.344 e. The van der Waals surface area contributed by atoms with Gasteiger partial charge in [0.05, 0.1) is 16.5 Å². The minimum atomic E-state index is -1.16. The molecule has 1 aromatic heterocycles. The highest BCUT2D eigenvalue weighted by atomic mass is 32.2. The average molecular weight is 481 g/mol. The normalized spacial score (nSPS) is 16.7. The van der Waals surface area contributed by atoms with Crippen molar-refractivity contribution in [3.05, 3.63) is 71.2 Å². The van der Waals surface area contributed by atoms with E-state index in [1.807, 2.05) is 7.05 Å². The van der Waals surface area contributed by atoms with E-state index in [0.29, 0.717) is 34.5 Å². The van der Waals surface area contributed by atoms with Gasteiger partial charge >= 0.3 is 0 Å². The quantitative estimate of drug-likeness (QED) is 0.421. The number of benzene rings is 2. The van der Waals surface area contributed by atoms with Crippen molar-refractivity contribution < 1.29 is 8.60 Å². The zero-order valence-electron chi connectivity index (χ0n) is 20.4. The van der Waals surface area contributed by atoms with Crippen LogP contribution in [-0.2, 0) is 29.1 Å². The van der Waals surface area contributed by atoms with Gasteiger partial charge in [-0.25, -0.2) is 9.37 Å². The fraction of sp³-hybridized carbons (Fsp3) is 0.407. The number of aryl methyl sites for hydroxylation is 2. The Morgan fingerprint density at radius 3 is 2.68 bits per heavy atom. The minimum absolute atomic E-state index is 0.0434. The molecule has 5 nitrogen and oxygen atoms in total. The Hall–Kier alpha value is -2.80. The molecule has 1 aliphatic rings. The van der Waals surface area contributed by atoms with Gasteiger partial charge in [-0.05, 0) is 54.0 Å². The van der Waals surface area contributed by atoms with Crippen LogP contribution in [0.15, 0.2) is 53.4 Å². The SMILES string of the molecule is CCc1ccccc1C(C)(CC)CCN(C)c1nc2c(c(Nc3cccc(F)c3)n1)S(=O)CC2. The lowest BCUT2D eigenvalue weighted by Crippen LogP contribution is -2.31. The average Bonchev–Trinajstić information content (AvgIpc) is 3.23. The summed E-state index contributed by atoms with van der Waals surface area (Å²) >= 11 is 0. The number of hydrogen-bond acceptors (Lipinski definition) is 5. The van der Waals surface area contributed by atoms with Gasteiger partial charge in [0.2, 0.25) is 5.95 Å². The number of anilines is 3.